The maximum atomic E-state index is 6.11. The smallest absolute Gasteiger partial charge is 0.191 e. The molecule has 0 radical (unpaired) electrons. The monoisotopic (exact) mass is 322 g/mol. The third-order valence-electron chi connectivity index (χ3n) is 4.28. The molecule has 120 valence electrons. The van der Waals surface area contributed by atoms with Crippen LogP contribution < -0.4 is 10.6 Å². The van der Waals surface area contributed by atoms with Gasteiger partial charge in [-0.1, -0.05) is 11.6 Å². The molecule has 0 spiro atoms. The van der Waals surface area contributed by atoms with E-state index in [1.807, 2.05) is 12.1 Å². The number of anilines is 1. The number of benzene rings is 1. The highest BCUT2D eigenvalue weighted by Crippen LogP contribution is 2.19. The first-order valence-corrected chi connectivity index (χ1v) is 8.27. The predicted molar refractivity (Wildman–Crippen MR) is 90.7 cm³/mol. The Kier molecular flexibility index (Phi) is 5.05. The minimum absolute atomic E-state index is 0.258. The molecular formula is C16H23ClN4O. The van der Waals surface area contributed by atoms with Crippen LogP contribution in [0.5, 0.6) is 0 Å². The molecule has 1 aromatic rings. The van der Waals surface area contributed by atoms with Gasteiger partial charge in [0.25, 0.3) is 0 Å². The third-order valence-corrected chi connectivity index (χ3v) is 4.53. The van der Waals surface area contributed by atoms with Crippen LogP contribution in [-0.4, -0.2) is 56.3 Å². The fourth-order valence-corrected chi connectivity index (χ4v) is 3.06. The zero-order valence-electron chi connectivity index (χ0n) is 12.7. The number of aliphatic imine (C=N–C) groups is 1. The highest BCUT2D eigenvalue weighted by Gasteiger charge is 2.20. The maximum Gasteiger partial charge on any atom is 0.191 e. The number of guanidine groups is 1. The highest BCUT2D eigenvalue weighted by molar-refractivity contribution is 6.30. The van der Waals surface area contributed by atoms with Gasteiger partial charge in [0, 0.05) is 43.5 Å². The summed E-state index contributed by atoms with van der Waals surface area (Å²) in [7, 11) is 0. The van der Waals surface area contributed by atoms with Gasteiger partial charge < -0.3 is 20.3 Å². The van der Waals surface area contributed by atoms with E-state index in [0.717, 1.165) is 50.7 Å². The van der Waals surface area contributed by atoms with Crippen LogP contribution in [-0.2, 0) is 4.74 Å². The summed E-state index contributed by atoms with van der Waals surface area (Å²) < 4.78 is 5.58. The average Bonchev–Trinajstić information content (AvgIpc) is 3.07. The number of nitrogens with two attached hydrogens (primary N) is 1. The van der Waals surface area contributed by atoms with E-state index < -0.39 is 0 Å². The Bertz CT molecular complexity index is 505. The van der Waals surface area contributed by atoms with Gasteiger partial charge in [0.15, 0.2) is 5.96 Å². The summed E-state index contributed by atoms with van der Waals surface area (Å²) in [5.74, 6) is 0.645. The van der Waals surface area contributed by atoms with Crippen LogP contribution >= 0.6 is 11.6 Å². The minimum atomic E-state index is 0.258. The van der Waals surface area contributed by atoms with E-state index >= 15 is 0 Å². The first kappa shape index (κ1) is 15.4. The largest absolute Gasteiger partial charge is 0.376 e. The molecule has 3 rings (SSSR count). The van der Waals surface area contributed by atoms with Crippen molar-refractivity contribution in [3.05, 3.63) is 29.3 Å². The molecule has 1 atom stereocenters. The van der Waals surface area contributed by atoms with Crippen molar-refractivity contribution in [1.29, 1.82) is 0 Å². The molecule has 2 saturated heterocycles. The summed E-state index contributed by atoms with van der Waals surface area (Å²) >= 11 is 5.93. The second-order valence-electron chi connectivity index (χ2n) is 5.78. The normalized spacial score (nSPS) is 23.1. The van der Waals surface area contributed by atoms with Crippen LogP contribution in [0.2, 0.25) is 5.02 Å². The molecular weight excluding hydrogens is 300 g/mol. The number of piperazine rings is 1. The molecule has 22 heavy (non-hydrogen) atoms. The van der Waals surface area contributed by atoms with Crippen LogP contribution in [0.15, 0.2) is 29.3 Å². The number of rotatable bonds is 3. The zero-order valence-corrected chi connectivity index (χ0v) is 13.5. The summed E-state index contributed by atoms with van der Waals surface area (Å²) in [5.41, 5.74) is 7.32. The van der Waals surface area contributed by atoms with Crippen LogP contribution in [0.1, 0.15) is 12.8 Å². The topological polar surface area (TPSA) is 54.1 Å². The first-order chi connectivity index (χ1) is 10.7. The fraction of sp³-hybridized carbons (Fsp3) is 0.562. The summed E-state index contributed by atoms with van der Waals surface area (Å²) in [5, 5.41) is 0.771. The van der Waals surface area contributed by atoms with E-state index in [0.29, 0.717) is 12.5 Å². The molecule has 0 bridgehead atoms. The van der Waals surface area contributed by atoms with Crippen molar-refractivity contribution in [2.75, 3.05) is 44.2 Å². The van der Waals surface area contributed by atoms with Crippen LogP contribution in [0.25, 0.3) is 0 Å². The van der Waals surface area contributed by atoms with Crippen molar-refractivity contribution in [2.45, 2.75) is 18.9 Å². The molecule has 2 N–H and O–H groups in total. The van der Waals surface area contributed by atoms with Crippen molar-refractivity contribution < 1.29 is 4.74 Å². The average molecular weight is 323 g/mol. The quantitative estimate of drug-likeness (QED) is 0.683. The molecule has 1 aromatic carbocycles. The van der Waals surface area contributed by atoms with Gasteiger partial charge >= 0.3 is 0 Å². The van der Waals surface area contributed by atoms with Gasteiger partial charge in [-0.15, -0.1) is 0 Å². The van der Waals surface area contributed by atoms with E-state index in [4.69, 9.17) is 22.1 Å². The van der Waals surface area contributed by atoms with E-state index in [9.17, 15) is 0 Å². The number of nitrogens with zero attached hydrogens (tertiary/aromatic N) is 3. The van der Waals surface area contributed by atoms with Gasteiger partial charge in [0.2, 0.25) is 0 Å². The maximum absolute atomic E-state index is 6.11. The standard InChI is InChI=1S/C16H23ClN4O/c17-13-3-5-14(6-4-13)20-7-9-21(10-8-20)16(18)19-12-15-2-1-11-22-15/h3-6,15H,1-2,7-12H2,(H2,18,19)/t15-/m1/s1. The Morgan fingerprint density at radius 2 is 1.95 bits per heavy atom. The molecule has 6 heteroatoms. The first-order valence-electron chi connectivity index (χ1n) is 7.89. The molecule has 0 aliphatic carbocycles. The van der Waals surface area contributed by atoms with E-state index in [1.54, 1.807) is 0 Å². The van der Waals surface area contributed by atoms with Gasteiger partial charge in [0.1, 0.15) is 0 Å². The summed E-state index contributed by atoms with van der Waals surface area (Å²) in [6, 6.07) is 7.99. The second-order valence-corrected chi connectivity index (χ2v) is 6.22. The van der Waals surface area contributed by atoms with Crippen LogP contribution in [0, 0.1) is 0 Å². The summed E-state index contributed by atoms with van der Waals surface area (Å²) in [6.45, 7) is 5.21. The molecule has 0 aromatic heterocycles. The van der Waals surface area contributed by atoms with Crippen molar-refractivity contribution >= 4 is 23.2 Å². The van der Waals surface area contributed by atoms with Gasteiger partial charge in [0.05, 0.1) is 12.6 Å². The van der Waals surface area contributed by atoms with E-state index in [-0.39, 0.29) is 6.10 Å². The molecule has 0 amide bonds. The summed E-state index contributed by atoms with van der Waals surface area (Å²) in [4.78, 5) is 9.00. The van der Waals surface area contributed by atoms with Crippen molar-refractivity contribution in [3.63, 3.8) is 0 Å². The summed E-state index contributed by atoms with van der Waals surface area (Å²) in [6.07, 6.45) is 2.50. The molecule has 0 saturated carbocycles. The Balaban J connectivity index is 1.50. The molecule has 0 unspecified atom stereocenters. The van der Waals surface area contributed by atoms with Crippen LogP contribution in [0.3, 0.4) is 0 Å². The Morgan fingerprint density at radius 1 is 1.23 bits per heavy atom. The van der Waals surface area contributed by atoms with Crippen molar-refractivity contribution in [2.24, 2.45) is 10.7 Å². The van der Waals surface area contributed by atoms with Crippen molar-refractivity contribution in [3.8, 4) is 0 Å². The lowest BCUT2D eigenvalue weighted by atomic mass is 10.2. The Hall–Kier alpha value is -1.46. The molecule has 2 aliphatic rings. The van der Waals surface area contributed by atoms with E-state index in [2.05, 4.69) is 26.9 Å². The zero-order chi connectivity index (χ0) is 15.4. The second kappa shape index (κ2) is 7.20. The number of halogens is 1. The SMILES string of the molecule is NC(=NC[C@H]1CCCO1)N1CCN(c2ccc(Cl)cc2)CC1. The lowest BCUT2D eigenvalue weighted by Gasteiger charge is -2.36. The lowest BCUT2D eigenvalue weighted by Crippen LogP contribution is -2.51. The number of hydrogen-bond acceptors (Lipinski definition) is 3. The van der Waals surface area contributed by atoms with Gasteiger partial charge in [-0.2, -0.15) is 0 Å². The van der Waals surface area contributed by atoms with E-state index in [1.165, 1.54) is 5.69 Å². The highest BCUT2D eigenvalue weighted by atomic mass is 35.5. The minimum Gasteiger partial charge on any atom is -0.376 e. The number of hydrogen-bond donors (Lipinski definition) is 1. The van der Waals surface area contributed by atoms with Crippen molar-refractivity contribution in [1.82, 2.24) is 4.90 Å². The molecule has 2 aliphatic heterocycles. The fourth-order valence-electron chi connectivity index (χ4n) is 2.93. The molecule has 2 fully saturated rings. The predicted octanol–water partition coefficient (Wildman–Crippen LogP) is 1.96. The van der Waals surface area contributed by atoms with Gasteiger partial charge in [-0.05, 0) is 37.1 Å². The molecule has 5 nitrogen and oxygen atoms in total. The number of ether oxygens (including phenoxy) is 1. The van der Waals surface area contributed by atoms with Gasteiger partial charge in [-0.25, -0.2) is 0 Å². The Morgan fingerprint density at radius 3 is 2.59 bits per heavy atom. The Labute approximate surface area is 136 Å². The molecule has 2 heterocycles. The third kappa shape index (κ3) is 3.84. The lowest BCUT2D eigenvalue weighted by molar-refractivity contribution is 0.117. The van der Waals surface area contributed by atoms with Gasteiger partial charge in [-0.3, -0.25) is 4.99 Å². The van der Waals surface area contributed by atoms with Crippen LogP contribution in [0.4, 0.5) is 5.69 Å².